The summed E-state index contributed by atoms with van der Waals surface area (Å²) in [6, 6.07) is 11.0. The van der Waals surface area contributed by atoms with Crippen LogP contribution in [0.25, 0.3) is 5.69 Å². The Balaban J connectivity index is 1.49. The molecule has 1 aromatic heterocycles. The largest absolute Gasteiger partial charge is 0.477 e. The number of para-hydroxylation sites is 1. The average molecular weight is 416 g/mol. The van der Waals surface area contributed by atoms with Crippen molar-refractivity contribution in [3.8, 4) is 5.69 Å². The van der Waals surface area contributed by atoms with Crippen LogP contribution in [0.5, 0.6) is 0 Å². The number of nitrogens with one attached hydrogen (secondary N) is 1. The first-order chi connectivity index (χ1) is 13.6. The van der Waals surface area contributed by atoms with Crippen molar-refractivity contribution >= 4 is 29.4 Å². The number of benzene rings is 1. The third-order valence-corrected chi connectivity index (χ3v) is 7.34. The number of ketones is 1. The standard InChI is InChI=1S/C20H21N3O5S/c1-20(2)16(19(26)27)23(28)11-13(18(23)29-20)21-17(25)15(24)14-9-6-10-22(14)12-7-4-3-5-8-12/h3-10,13,16,18,28H,11H2,1-2H3,(H-,21,25,26,27)/p+1/t13-,16+,18-,23?/m1/s1. The third kappa shape index (κ3) is 3.06. The summed E-state index contributed by atoms with van der Waals surface area (Å²) in [4.78, 5) is 37.0. The first-order valence-electron chi connectivity index (χ1n) is 9.24. The quantitative estimate of drug-likeness (QED) is 0.389. The van der Waals surface area contributed by atoms with Crippen LogP contribution < -0.4 is 5.32 Å². The molecule has 0 spiro atoms. The molecule has 152 valence electrons. The van der Waals surface area contributed by atoms with Gasteiger partial charge in [0.15, 0.2) is 5.37 Å². The van der Waals surface area contributed by atoms with E-state index in [-0.39, 0.29) is 12.2 Å². The number of fused-ring (bicyclic) bond motifs is 1. The highest BCUT2D eigenvalue weighted by atomic mass is 32.2. The maximum absolute atomic E-state index is 12.7. The second-order valence-corrected chi connectivity index (χ2v) is 9.70. The second-order valence-electron chi connectivity index (χ2n) is 7.93. The number of hydrogen-bond acceptors (Lipinski definition) is 5. The lowest BCUT2D eigenvalue weighted by atomic mass is 9.95. The van der Waals surface area contributed by atoms with E-state index in [2.05, 4.69) is 5.32 Å². The highest BCUT2D eigenvalue weighted by Gasteiger charge is 2.73. The summed E-state index contributed by atoms with van der Waals surface area (Å²) < 4.78 is 0.312. The number of carbonyl (C=O) groups excluding carboxylic acids is 2. The topological polar surface area (TPSA) is 109 Å². The Morgan fingerprint density at radius 3 is 2.52 bits per heavy atom. The van der Waals surface area contributed by atoms with E-state index in [1.54, 1.807) is 36.7 Å². The highest BCUT2D eigenvalue weighted by Crippen LogP contribution is 2.54. The average Bonchev–Trinajstić information content (AvgIpc) is 3.20. The fourth-order valence-corrected chi connectivity index (χ4v) is 6.10. The number of amides is 1. The van der Waals surface area contributed by atoms with Crippen LogP contribution in [-0.4, -0.2) is 65.9 Å². The van der Waals surface area contributed by atoms with Gasteiger partial charge in [-0.2, -0.15) is 4.65 Å². The molecule has 3 heterocycles. The van der Waals surface area contributed by atoms with Gasteiger partial charge in [0.2, 0.25) is 6.04 Å². The lowest BCUT2D eigenvalue weighted by Gasteiger charge is -2.47. The van der Waals surface area contributed by atoms with Gasteiger partial charge in [-0.3, -0.25) is 9.59 Å². The number of rotatable bonds is 5. The van der Waals surface area contributed by atoms with Gasteiger partial charge in [0, 0.05) is 11.9 Å². The van der Waals surface area contributed by atoms with Crippen molar-refractivity contribution in [2.24, 2.45) is 0 Å². The van der Waals surface area contributed by atoms with E-state index >= 15 is 0 Å². The molecule has 0 radical (unpaired) electrons. The summed E-state index contributed by atoms with van der Waals surface area (Å²) in [5.74, 6) is -2.53. The molecule has 2 aliphatic heterocycles. The number of hydrogen-bond donors (Lipinski definition) is 3. The van der Waals surface area contributed by atoms with Gasteiger partial charge >= 0.3 is 5.97 Å². The van der Waals surface area contributed by atoms with Crippen LogP contribution >= 0.6 is 11.8 Å². The Hall–Kier alpha value is -2.62. The minimum absolute atomic E-state index is 0.0524. The Bertz CT molecular complexity index is 989. The molecule has 1 amide bonds. The maximum Gasteiger partial charge on any atom is 0.367 e. The predicted octanol–water partition coefficient (Wildman–Crippen LogP) is 1.67. The lowest BCUT2D eigenvalue weighted by molar-refractivity contribution is -1.15. The highest BCUT2D eigenvalue weighted by molar-refractivity contribution is 8.01. The first-order valence-corrected chi connectivity index (χ1v) is 10.1. The number of carboxylic acids is 1. The van der Waals surface area contributed by atoms with Crippen LogP contribution in [0.15, 0.2) is 48.7 Å². The van der Waals surface area contributed by atoms with Crippen molar-refractivity contribution in [2.45, 2.75) is 36.1 Å². The van der Waals surface area contributed by atoms with Crippen molar-refractivity contribution in [1.82, 2.24) is 9.88 Å². The molecule has 2 aromatic rings. The fraction of sp³-hybridized carbons (Fsp3) is 0.350. The van der Waals surface area contributed by atoms with Gasteiger partial charge in [-0.25, -0.2) is 10.0 Å². The maximum atomic E-state index is 12.7. The lowest BCUT2D eigenvalue weighted by Crippen LogP contribution is -2.77. The Kier molecular flexibility index (Phi) is 4.56. The van der Waals surface area contributed by atoms with E-state index in [4.69, 9.17) is 0 Å². The molecular weight excluding hydrogens is 394 g/mol. The number of carboxylic acid groups (broad SMARTS) is 1. The molecule has 9 heteroatoms. The molecule has 2 saturated heterocycles. The molecule has 0 aliphatic carbocycles. The number of carbonyl (C=O) groups is 3. The van der Waals surface area contributed by atoms with E-state index < -0.39 is 44.5 Å². The smallest absolute Gasteiger partial charge is 0.367 e. The van der Waals surface area contributed by atoms with Gasteiger partial charge < -0.3 is 15.0 Å². The molecule has 0 saturated carbocycles. The molecule has 4 rings (SSSR count). The van der Waals surface area contributed by atoms with Gasteiger partial charge in [-0.15, -0.1) is 0 Å². The third-order valence-electron chi connectivity index (χ3n) is 5.58. The SMILES string of the molecule is CC1(C)S[C@@H]2[C@H](NC(=O)C(=O)c3cccn3-c3ccccc3)C[N+]2(O)[C@H]1C(=O)O. The number of thioether (sulfide) groups is 1. The minimum atomic E-state index is -1.07. The van der Waals surface area contributed by atoms with E-state index in [9.17, 15) is 24.7 Å². The number of quaternary nitrogens is 1. The van der Waals surface area contributed by atoms with Gasteiger partial charge in [-0.1, -0.05) is 30.0 Å². The Labute approximate surface area is 171 Å². The Morgan fingerprint density at radius 2 is 1.86 bits per heavy atom. The first kappa shape index (κ1) is 19.7. The molecule has 4 atom stereocenters. The number of Topliss-reactive ketones (excluding diaryl/α,β-unsaturated/α-hetero) is 1. The minimum Gasteiger partial charge on any atom is -0.477 e. The molecule has 2 aliphatic rings. The molecule has 1 aromatic carbocycles. The summed E-state index contributed by atoms with van der Waals surface area (Å²) in [5, 5.41) is 22.5. The van der Waals surface area contributed by atoms with Crippen molar-refractivity contribution < 1.29 is 29.3 Å². The molecule has 3 N–H and O–H groups in total. The van der Waals surface area contributed by atoms with E-state index in [0.29, 0.717) is 0 Å². The predicted molar refractivity (Wildman–Crippen MR) is 106 cm³/mol. The van der Waals surface area contributed by atoms with Crippen LogP contribution in [0.1, 0.15) is 24.3 Å². The number of nitrogens with zero attached hydrogens (tertiary/aromatic N) is 2. The zero-order valence-electron chi connectivity index (χ0n) is 16.0. The number of aliphatic carboxylic acids is 1. The summed E-state index contributed by atoms with van der Waals surface area (Å²) in [5.41, 5.74) is 1.00. The molecule has 29 heavy (non-hydrogen) atoms. The summed E-state index contributed by atoms with van der Waals surface area (Å²) in [7, 11) is 0. The summed E-state index contributed by atoms with van der Waals surface area (Å²) in [6.45, 7) is 3.58. The van der Waals surface area contributed by atoms with E-state index in [1.807, 2.05) is 30.3 Å². The monoisotopic (exact) mass is 416 g/mol. The van der Waals surface area contributed by atoms with Crippen LogP contribution in [0.4, 0.5) is 0 Å². The fourth-order valence-electron chi connectivity index (χ4n) is 4.36. The van der Waals surface area contributed by atoms with Gasteiger partial charge in [0.25, 0.3) is 11.7 Å². The van der Waals surface area contributed by atoms with E-state index in [1.165, 1.54) is 11.8 Å². The Morgan fingerprint density at radius 1 is 1.17 bits per heavy atom. The van der Waals surface area contributed by atoms with Crippen LogP contribution in [0.3, 0.4) is 0 Å². The second kappa shape index (κ2) is 6.72. The summed E-state index contributed by atoms with van der Waals surface area (Å²) >= 11 is 1.32. The normalized spacial score (nSPS) is 29.6. The van der Waals surface area contributed by atoms with Gasteiger partial charge in [0.05, 0.1) is 10.4 Å². The zero-order chi connectivity index (χ0) is 21.0. The molecule has 8 nitrogen and oxygen atoms in total. The summed E-state index contributed by atoms with van der Waals surface area (Å²) in [6.07, 6.45) is 1.71. The zero-order valence-corrected chi connectivity index (χ0v) is 16.8. The van der Waals surface area contributed by atoms with Crippen molar-refractivity contribution in [2.75, 3.05) is 6.54 Å². The van der Waals surface area contributed by atoms with Crippen molar-refractivity contribution in [3.05, 3.63) is 54.4 Å². The van der Waals surface area contributed by atoms with Gasteiger partial charge in [0.1, 0.15) is 12.6 Å². The van der Waals surface area contributed by atoms with Crippen LogP contribution in [0.2, 0.25) is 0 Å². The van der Waals surface area contributed by atoms with Crippen molar-refractivity contribution in [1.29, 1.82) is 0 Å². The number of aromatic nitrogens is 1. The van der Waals surface area contributed by atoms with E-state index in [0.717, 1.165) is 5.69 Å². The van der Waals surface area contributed by atoms with Crippen molar-refractivity contribution in [3.63, 3.8) is 0 Å². The van der Waals surface area contributed by atoms with Gasteiger partial charge in [-0.05, 0) is 38.1 Å². The molecular formula is C20H22N3O5S+. The molecule has 0 bridgehead atoms. The number of hydroxylamine groups is 3. The van der Waals surface area contributed by atoms with Crippen LogP contribution in [0, 0.1) is 0 Å². The molecule has 2 fully saturated rings. The molecule has 1 unspecified atom stereocenters. The van der Waals surface area contributed by atoms with Crippen LogP contribution in [-0.2, 0) is 9.59 Å².